The van der Waals surface area contributed by atoms with Gasteiger partial charge >= 0.3 is 0 Å². The number of furan rings is 2. The summed E-state index contributed by atoms with van der Waals surface area (Å²) in [4.78, 5) is 13.7. The fourth-order valence-electron chi connectivity index (χ4n) is 2.95. The zero-order valence-electron chi connectivity index (χ0n) is 13.7. The molecule has 0 spiro atoms. The van der Waals surface area contributed by atoms with Gasteiger partial charge in [-0.05, 0) is 59.7 Å². The minimum Gasteiger partial charge on any atom is -0.463 e. The molecule has 4 heterocycles. The van der Waals surface area contributed by atoms with Crippen molar-refractivity contribution in [3.8, 4) is 34.0 Å². The fourth-order valence-corrected chi connectivity index (χ4v) is 2.95. The van der Waals surface area contributed by atoms with Crippen molar-refractivity contribution < 1.29 is 8.83 Å². The van der Waals surface area contributed by atoms with Crippen LogP contribution in [0.2, 0.25) is 0 Å². The first-order valence-electron chi connectivity index (χ1n) is 8.18. The zero-order valence-corrected chi connectivity index (χ0v) is 13.7. The third kappa shape index (κ3) is 2.46. The topological polar surface area (TPSA) is 65.0 Å². The summed E-state index contributed by atoms with van der Waals surface area (Å²) in [7, 11) is 0. The quantitative estimate of drug-likeness (QED) is 0.451. The highest BCUT2D eigenvalue weighted by Crippen LogP contribution is 2.32. The van der Waals surface area contributed by atoms with Crippen molar-refractivity contribution in [2.24, 2.45) is 0 Å². The molecule has 0 aliphatic carbocycles. The summed E-state index contributed by atoms with van der Waals surface area (Å²) in [5.74, 6) is 1.31. The van der Waals surface area contributed by atoms with E-state index in [-0.39, 0.29) is 0 Å². The van der Waals surface area contributed by atoms with E-state index in [0.717, 1.165) is 22.2 Å². The second-order valence-corrected chi connectivity index (χ2v) is 5.81. The summed E-state index contributed by atoms with van der Waals surface area (Å²) in [6.07, 6.45) is 6.80. The number of hydrogen-bond acceptors (Lipinski definition) is 5. The number of rotatable bonds is 3. The van der Waals surface area contributed by atoms with Crippen LogP contribution >= 0.6 is 0 Å². The molecule has 0 bridgehead atoms. The molecule has 0 radical (unpaired) electrons. The predicted molar refractivity (Wildman–Crippen MR) is 98.2 cm³/mol. The van der Waals surface area contributed by atoms with Gasteiger partial charge in [-0.3, -0.25) is 4.98 Å². The molecule has 0 unspecified atom stereocenters. The highest BCUT2D eigenvalue weighted by atomic mass is 16.3. The lowest BCUT2D eigenvalue weighted by atomic mass is 10.1. The standard InChI is InChI=1S/C21H13N3O2/c1-3-18(25-11-1)20-21(19-4-2-12-26-19)24-17-13-15(5-6-16(17)23-20)14-7-9-22-10-8-14/h1-13H. The summed E-state index contributed by atoms with van der Waals surface area (Å²) in [5, 5.41) is 0. The van der Waals surface area contributed by atoms with Gasteiger partial charge in [0.15, 0.2) is 11.5 Å². The lowest BCUT2D eigenvalue weighted by Gasteiger charge is -2.08. The molecule has 5 heteroatoms. The van der Waals surface area contributed by atoms with Gasteiger partial charge in [0.2, 0.25) is 0 Å². The molecule has 0 amide bonds. The van der Waals surface area contributed by atoms with Crippen LogP contribution in [-0.4, -0.2) is 15.0 Å². The highest BCUT2D eigenvalue weighted by Gasteiger charge is 2.17. The van der Waals surface area contributed by atoms with Crippen molar-refractivity contribution in [2.45, 2.75) is 0 Å². The number of hydrogen-bond donors (Lipinski definition) is 0. The van der Waals surface area contributed by atoms with Crippen LogP contribution in [0.25, 0.3) is 45.1 Å². The van der Waals surface area contributed by atoms with Gasteiger partial charge in [-0.1, -0.05) is 6.07 Å². The normalized spacial score (nSPS) is 11.1. The number of benzene rings is 1. The maximum Gasteiger partial charge on any atom is 0.154 e. The predicted octanol–water partition coefficient (Wildman–Crippen LogP) is 5.21. The molecule has 0 saturated heterocycles. The SMILES string of the molecule is c1coc(-c2nc3ccc(-c4ccncc4)cc3nc2-c2ccco2)c1. The second kappa shape index (κ2) is 5.97. The summed E-state index contributed by atoms with van der Waals surface area (Å²) in [5.41, 5.74) is 5.05. The zero-order chi connectivity index (χ0) is 17.3. The molecule has 26 heavy (non-hydrogen) atoms. The minimum atomic E-state index is 0.653. The first-order chi connectivity index (χ1) is 12.9. The Morgan fingerprint density at radius 1 is 0.615 bits per heavy atom. The molecule has 4 aromatic heterocycles. The Bertz CT molecular complexity index is 1170. The third-order valence-corrected chi connectivity index (χ3v) is 4.19. The van der Waals surface area contributed by atoms with Gasteiger partial charge in [-0.2, -0.15) is 0 Å². The van der Waals surface area contributed by atoms with Gasteiger partial charge in [0.05, 0.1) is 23.6 Å². The van der Waals surface area contributed by atoms with E-state index in [1.807, 2.05) is 54.6 Å². The summed E-state index contributed by atoms with van der Waals surface area (Å²) in [6.45, 7) is 0. The third-order valence-electron chi connectivity index (χ3n) is 4.19. The maximum absolute atomic E-state index is 5.57. The van der Waals surface area contributed by atoms with Crippen LogP contribution in [0.4, 0.5) is 0 Å². The molecule has 0 saturated carbocycles. The van der Waals surface area contributed by atoms with Crippen molar-refractivity contribution in [3.63, 3.8) is 0 Å². The van der Waals surface area contributed by atoms with E-state index < -0.39 is 0 Å². The van der Waals surface area contributed by atoms with E-state index in [0.29, 0.717) is 22.9 Å². The fraction of sp³-hybridized carbons (Fsp3) is 0. The molecule has 5 nitrogen and oxygen atoms in total. The highest BCUT2D eigenvalue weighted by molar-refractivity contribution is 5.86. The Labute approximate surface area is 149 Å². The molecule has 124 valence electrons. The van der Waals surface area contributed by atoms with Gasteiger partial charge in [0.25, 0.3) is 0 Å². The van der Waals surface area contributed by atoms with Crippen molar-refractivity contribution in [1.82, 2.24) is 15.0 Å². The monoisotopic (exact) mass is 339 g/mol. The lowest BCUT2D eigenvalue weighted by Crippen LogP contribution is -1.94. The molecular weight excluding hydrogens is 326 g/mol. The molecule has 0 fully saturated rings. The van der Waals surface area contributed by atoms with Gasteiger partial charge in [-0.25, -0.2) is 9.97 Å². The average molecular weight is 339 g/mol. The smallest absolute Gasteiger partial charge is 0.154 e. The summed E-state index contributed by atoms with van der Waals surface area (Å²) >= 11 is 0. The number of pyridine rings is 1. The molecular formula is C21H13N3O2. The second-order valence-electron chi connectivity index (χ2n) is 5.81. The molecule has 5 aromatic rings. The van der Waals surface area contributed by atoms with Crippen LogP contribution in [-0.2, 0) is 0 Å². The molecule has 1 aromatic carbocycles. The van der Waals surface area contributed by atoms with E-state index in [4.69, 9.17) is 18.8 Å². The van der Waals surface area contributed by atoms with Gasteiger partial charge in [0.1, 0.15) is 11.4 Å². The molecule has 5 rings (SSSR count). The van der Waals surface area contributed by atoms with E-state index in [1.54, 1.807) is 24.9 Å². The van der Waals surface area contributed by atoms with Crippen LogP contribution in [0.3, 0.4) is 0 Å². The van der Waals surface area contributed by atoms with Crippen LogP contribution in [0.5, 0.6) is 0 Å². The first-order valence-corrected chi connectivity index (χ1v) is 8.18. The van der Waals surface area contributed by atoms with E-state index in [1.165, 1.54) is 0 Å². The molecule has 0 aliphatic heterocycles. The Kier molecular flexibility index (Phi) is 3.35. The molecule has 0 aliphatic rings. The number of aromatic nitrogens is 3. The Balaban J connectivity index is 1.75. The molecule has 0 atom stereocenters. The van der Waals surface area contributed by atoms with Crippen molar-refractivity contribution in [1.29, 1.82) is 0 Å². The number of fused-ring (bicyclic) bond motifs is 1. The van der Waals surface area contributed by atoms with Crippen LogP contribution in [0.1, 0.15) is 0 Å². The van der Waals surface area contributed by atoms with Crippen LogP contribution < -0.4 is 0 Å². The van der Waals surface area contributed by atoms with Crippen molar-refractivity contribution in [3.05, 3.63) is 79.5 Å². The largest absolute Gasteiger partial charge is 0.463 e. The van der Waals surface area contributed by atoms with Gasteiger partial charge < -0.3 is 8.83 Å². The Morgan fingerprint density at radius 2 is 1.27 bits per heavy atom. The summed E-state index contributed by atoms with van der Waals surface area (Å²) < 4.78 is 11.1. The maximum atomic E-state index is 5.57. The van der Waals surface area contributed by atoms with Crippen LogP contribution in [0.15, 0.2) is 88.4 Å². The lowest BCUT2D eigenvalue weighted by molar-refractivity contribution is 0.572. The first kappa shape index (κ1) is 14.6. The Hall–Kier alpha value is -3.73. The van der Waals surface area contributed by atoms with E-state index >= 15 is 0 Å². The van der Waals surface area contributed by atoms with E-state index in [2.05, 4.69) is 4.98 Å². The van der Waals surface area contributed by atoms with Crippen molar-refractivity contribution in [2.75, 3.05) is 0 Å². The minimum absolute atomic E-state index is 0.653. The average Bonchev–Trinajstić information content (AvgIpc) is 3.41. The van der Waals surface area contributed by atoms with E-state index in [9.17, 15) is 0 Å². The van der Waals surface area contributed by atoms with Crippen LogP contribution in [0, 0.1) is 0 Å². The summed E-state index contributed by atoms with van der Waals surface area (Å²) in [6, 6.07) is 17.4. The van der Waals surface area contributed by atoms with Crippen molar-refractivity contribution >= 4 is 11.0 Å². The Morgan fingerprint density at radius 3 is 1.88 bits per heavy atom. The van der Waals surface area contributed by atoms with Gasteiger partial charge in [0, 0.05) is 12.4 Å². The number of nitrogens with zero attached hydrogens (tertiary/aromatic N) is 3. The van der Waals surface area contributed by atoms with Gasteiger partial charge in [-0.15, -0.1) is 0 Å². The molecule has 0 N–H and O–H groups in total.